The summed E-state index contributed by atoms with van der Waals surface area (Å²) in [4.78, 5) is 10.5. The van der Waals surface area contributed by atoms with Crippen LogP contribution in [0.2, 0.25) is 0 Å². The minimum absolute atomic E-state index is 0.120. The molecule has 0 N–H and O–H groups in total. The Hall–Kier alpha value is -2.56. The lowest BCUT2D eigenvalue weighted by Crippen LogP contribution is -2.29. The number of benzene rings is 2. The lowest BCUT2D eigenvalue weighted by atomic mass is 10.1. The predicted octanol–water partition coefficient (Wildman–Crippen LogP) is 2.93. The molecule has 1 aliphatic rings. The van der Waals surface area contributed by atoms with Gasteiger partial charge in [-0.2, -0.15) is 0 Å². The second-order valence-electron chi connectivity index (χ2n) is 6.25. The summed E-state index contributed by atoms with van der Waals surface area (Å²) in [6.45, 7) is 2.00. The van der Waals surface area contributed by atoms with E-state index in [9.17, 15) is 26.1 Å². The minimum Gasteiger partial charge on any atom is -0.466 e. The van der Waals surface area contributed by atoms with Gasteiger partial charge in [0, 0.05) is 5.92 Å². The monoisotopic (exact) mass is 439 g/mol. The number of rotatable bonds is 8. The fourth-order valence-electron chi connectivity index (χ4n) is 2.76. The van der Waals surface area contributed by atoms with Crippen molar-refractivity contribution in [3.63, 3.8) is 0 Å². The highest BCUT2D eigenvalue weighted by molar-refractivity contribution is 8.03. The number of nitrogens with zero attached hydrogens (tertiary/aromatic N) is 1. The molecule has 0 heterocycles. The maximum Gasteiger partial charge on any atom is 0.309 e. The van der Waals surface area contributed by atoms with E-state index in [1.165, 1.54) is 30.3 Å². The number of hydrogen-bond donors (Lipinski definition) is 0. The van der Waals surface area contributed by atoms with Crippen molar-refractivity contribution >= 4 is 26.0 Å². The molecule has 0 aromatic heterocycles. The van der Waals surface area contributed by atoms with Crippen LogP contribution in [-0.4, -0.2) is 33.3 Å². The Bertz CT molecular complexity index is 1140. The molecular formula is C19H18FNO6S2. The average Bonchev–Trinajstić information content (AvgIpc) is 3.47. The molecule has 0 saturated heterocycles. The summed E-state index contributed by atoms with van der Waals surface area (Å²) in [5.41, 5.74) is 1.55. The first-order valence-electron chi connectivity index (χ1n) is 8.65. The first-order chi connectivity index (χ1) is 13.7. The first-order valence-corrected chi connectivity index (χ1v) is 11.5. The van der Waals surface area contributed by atoms with E-state index in [4.69, 9.17) is 4.74 Å². The van der Waals surface area contributed by atoms with E-state index >= 15 is 0 Å². The van der Waals surface area contributed by atoms with E-state index in [1.54, 1.807) is 6.92 Å². The van der Waals surface area contributed by atoms with Gasteiger partial charge < -0.3 is 4.74 Å². The number of hydrogen-bond acceptors (Lipinski definition) is 6. The van der Waals surface area contributed by atoms with Gasteiger partial charge in [0.05, 0.1) is 26.8 Å². The van der Waals surface area contributed by atoms with Gasteiger partial charge in [0.15, 0.2) is 0 Å². The van der Waals surface area contributed by atoms with Crippen LogP contribution in [0.3, 0.4) is 0 Å². The van der Waals surface area contributed by atoms with E-state index in [1.807, 2.05) is 6.08 Å². The molecule has 10 heteroatoms. The standard InChI is InChI=1S/C19H18FNO6S2/c1-2-27-19(22)13-15-12-18(15)14-8-10-17(11-9-14)29(25,26)21(20)28(23,24)16-6-4-3-5-7-16/h3-12,18H,2,13H2,1H3. The van der Waals surface area contributed by atoms with Gasteiger partial charge in [0.1, 0.15) is 0 Å². The predicted molar refractivity (Wildman–Crippen MR) is 102 cm³/mol. The summed E-state index contributed by atoms with van der Waals surface area (Å²) in [6, 6.07) is 11.6. The first kappa shape index (κ1) is 21.2. The van der Waals surface area contributed by atoms with Crippen LogP contribution in [0.5, 0.6) is 0 Å². The number of halogens is 1. The molecule has 0 amide bonds. The summed E-state index contributed by atoms with van der Waals surface area (Å²) in [6.07, 6.45) is 1.98. The Labute approximate surface area is 168 Å². The normalized spacial score (nSPS) is 16.4. The van der Waals surface area contributed by atoms with E-state index < -0.39 is 33.8 Å². The number of allylic oxidation sites excluding steroid dienone is 1. The lowest BCUT2D eigenvalue weighted by Gasteiger charge is -2.13. The summed E-state index contributed by atoms with van der Waals surface area (Å²) < 4.78 is 67.6. The fraction of sp³-hybridized carbons (Fsp3) is 0.211. The molecule has 0 radical (unpaired) electrons. The minimum atomic E-state index is -4.92. The van der Waals surface area contributed by atoms with Crippen molar-refractivity contribution in [3.05, 3.63) is 71.8 Å². The molecular weight excluding hydrogens is 421 g/mol. The third-order valence-electron chi connectivity index (χ3n) is 4.28. The third kappa shape index (κ3) is 4.39. The SMILES string of the molecule is CCOC(=O)CC1=CC1c1ccc(S(=O)(=O)N(F)S(=O)(=O)c2ccccc2)cc1. The topological polar surface area (TPSA) is 97.8 Å². The van der Waals surface area contributed by atoms with Crippen LogP contribution >= 0.6 is 0 Å². The van der Waals surface area contributed by atoms with Gasteiger partial charge in [0.2, 0.25) is 0 Å². The highest BCUT2D eigenvalue weighted by Gasteiger charge is 2.38. The van der Waals surface area contributed by atoms with Crippen LogP contribution < -0.4 is 0 Å². The number of ether oxygens (including phenoxy) is 1. The van der Waals surface area contributed by atoms with Gasteiger partial charge in [-0.1, -0.05) is 42.0 Å². The number of carbonyl (C=O) groups is 1. The van der Waals surface area contributed by atoms with Crippen molar-refractivity contribution in [3.8, 4) is 0 Å². The summed E-state index contributed by atoms with van der Waals surface area (Å²) in [5, 5.41) is 0. The molecule has 154 valence electrons. The Morgan fingerprint density at radius 1 is 0.966 bits per heavy atom. The highest BCUT2D eigenvalue weighted by atomic mass is 32.3. The average molecular weight is 439 g/mol. The Morgan fingerprint density at radius 3 is 2.07 bits per heavy atom. The highest BCUT2D eigenvalue weighted by Crippen LogP contribution is 2.41. The van der Waals surface area contributed by atoms with Crippen molar-refractivity contribution in [2.45, 2.75) is 29.1 Å². The summed E-state index contributed by atoms with van der Waals surface area (Å²) in [7, 11) is -9.79. The molecule has 0 saturated carbocycles. The quantitative estimate of drug-likeness (QED) is 0.356. The zero-order valence-corrected chi connectivity index (χ0v) is 17.0. The largest absolute Gasteiger partial charge is 0.466 e. The van der Waals surface area contributed by atoms with Crippen LogP contribution in [0.15, 0.2) is 76.0 Å². The molecule has 2 aromatic carbocycles. The zero-order valence-electron chi connectivity index (χ0n) is 15.4. The van der Waals surface area contributed by atoms with E-state index in [0.717, 1.165) is 29.8 Å². The van der Waals surface area contributed by atoms with Crippen molar-refractivity contribution in [2.75, 3.05) is 6.61 Å². The maximum absolute atomic E-state index is 14.5. The molecule has 3 rings (SSSR count). The van der Waals surface area contributed by atoms with Crippen LogP contribution in [0.25, 0.3) is 0 Å². The number of carbonyl (C=O) groups excluding carboxylic acids is 1. The Balaban J connectivity index is 1.75. The Kier molecular flexibility index (Phi) is 5.87. The summed E-state index contributed by atoms with van der Waals surface area (Å²) >= 11 is 0. The third-order valence-corrected chi connectivity index (χ3v) is 7.95. The van der Waals surface area contributed by atoms with Crippen molar-refractivity contribution in [1.29, 1.82) is 0 Å². The van der Waals surface area contributed by atoms with E-state index in [0.29, 0.717) is 5.56 Å². The Morgan fingerprint density at radius 2 is 1.52 bits per heavy atom. The van der Waals surface area contributed by atoms with E-state index in [-0.39, 0.29) is 24.9 Å². The van der Waals surface area contributed by atoms with Crippen molar-refractivity contribution in [1.82, 2.24) is 3.93 Å². The molecule has 29 heavy (non-hydrogen) atoms. The molecule has 1 aliphatic carbocycles. The van der Waals surface area contributed by atoms with E-state index in [2.05, 4.69) is 0 Å². The second-order valence-corrected chi connectivity index (χ2v) is 9.96. The lowest BCUT2D eigenvalue weighted by molar-refractivity contribution is -0.142. The molecule has 0 spiro atoms. The molecule has 0 fully saturated rings. The molecule has 7 nitrogen and oxygen atoms in total. The van der Waals surface area contributed by atoms with Gasteiger partial charge in [-0.25, -0.2) is 16.8 Å². The van der Waals surface area contributed by atoms with Crippen molar-refractivity contribution in [2.24, 2.45) is 0 Å². The van der Waals surface area contributed by atoms with Gasteiger partial charge in [-0.05, 0) is 36.8 Å². The second kappa shape index (κ2) is 8.05. The van der Waals surface area contributed by atoms with Crippen LogP contribution in [0.1, 0.15) is 24.8 Å². The number of sulfonamides is 2. The fourth-order valence-corrected chi connectivity index (χ4v) is 5.62. The number of esters is 1. The van der Waals surface area contributed by atoms with Crippen LogP contribution in [-0.2, 0) is 29.6 Å². The van der Waals surface area contributed by atoms with Gasteiger partial charge in [0.25, 0.3) is 20.0 Å². The molecule has 0 aliphatic heterocycles. The van der Waals surface area contributed by atoms with Crippen LogP contribution in [0, 0.1) is 0 Å². The molecule has 1 unspecified atom stereocenters. The zero-order chi connectivity index (χ0) is 21.2. The van der Waals surface area contributed by atoms with Gasteiger partial charge in [-0.3, -0.25) is 4.79 Å². The molecule has 2 aromatic rings. The smallest absolute Gasteiger partial charge is 0.309 e. The molecule has 0 bridgehead atoms. The maximum atomic E-state index is 14.5. The van der Waals surface area contributed by atoms with Crippen molar-refractivity contribution < 1.29 is 30.8 Å². The van der Waals surface area contributed by atoms with Crippen LogP contribution in [0.4, 0.5) is 4.48 Å². The summed E-state index contributed by atoms with van der Waals surface area (Å²) in [5.74, 6) is -0.467. The molecule has 1 atom stereocenters. The van der Waals surface area contributed by atoms with Gasteiger partial charge >= 0.3 is 5.97 Å². The van der Waals surface area contributed by atoms with Gasteiger partial charge in [-0.15, -0.1) is 4.48 Å².